The van der Waals surface area contributed by atoms with E-state index in [1.54, 1.807) is 12.1 Å². The van der Waals surface area contributed by atoms with E-state index >= 15 is 0 Å². The number of piperidine rings is 1. The van der Waals surface area contributed by atoms with Crippen LogP contribution in [0.1, 0.15) is 34.0 Å². The lowest BCUT2D eigenvalue weighted by molar-refractivity contribution is 0.0960. The first-order valence-corrected chi connectivity index (χ1v) is 9.16. The molecular weight excluding hydrogens is 357 g/mol. The summed E-state index contributed by atoms with van der Waals surface area (Å²) in [5.41, 5.74) is 3.64. The summed E-state index contributed by atoms with van der Waals surface area (Å²) in [6, 6.07) is 9.65. The molecule has 25 heavy (non-hydrogen) atoms. The van der Waals surface area contributed by atoms with Gasteiger partial charge in [0.15, 0.2) is 0 Å². The molecule has 1 fully saturated rings. The third-order valence-corrected chi connectivity index (χ3v) is 5.70. The van der Waals surface area contributed by atoms with Crippen LogP contribution in [0.3, 0.4) is 0 Å². The molecule has 0 radical (unpaired) electrons. The predicted octanol–water partition coefficient (Wildman–Crippen LogP) is 4.14. The monoisotopic (exact) mass is 375 g/mol. The number of amides is 1. The highest BCUT2D eigenvalue weighted by Crippen LogP contribution is 2.45. The zero-order chi connectivity index (χ0) is 17.7. The number of nitrogens with zero attached hydrogens (tertiary/aromatic N) is 3. The van der Waals surface area contributed by atoms with Crippen molar-refractivity contribution in [3.8, 4) is 0 Å². The van der Waals surface area contributed by atoms with E-state index in [0.29, 0.717) is 10.9 Å². The number of carbonyl (C=O) groups is 1. The molecular formula is C19H19Cl2N3O. The van der Waals surface area contributed by atoms with Crippen LogP contribution in [0, 0.1) is 6.92 Å². The number of fused-ring (bicyclic) bond motifs is 3. The summed E-state index contributed by atoms with van der Waals surface area (Å²) in [5.74, 6) is 0.144. The van der Waals surface area contributed by atoms with Gasteiger partial charge in [0.05, 0.1) is 5.02 Å². The molecule has 4 nitrogen and oxygen atoms in total. The molecule has 0 bridgehead atoms. The first-order valence-electron chi connectivity index (χ1n) is 8.40. The van der Waals surface area contributed by atoms with E-state index < -0.39 is 0 Å². The fourth-order valence-corrected chi connectivity index (χ4v) is 4.36. The lowest BCUT2D eigenvalue weighted by Crippen LogP contribution is -2.47. The van der Waals surface area contributed by atoms with Crippen molar-refractivity contribution < 1.29 is 4.79 Å². The van der Waals surface area contributed by atoms with Crippen molar-refractivity contribution in [1.29, 1.82) is 0 Å². The molecule has 1 aromatic heterocycles. The maximum absolute atomic E-state index is 13.3. The predicted molar refractivity (Wildman–Crippen MR) is 101 cm³/mol. The second-order valence-corrected chi connectivity index (χ2v) is 7.72. The third-order valence-electron chi connectivity index (χ3n) is 5.19. The second-order valence-electron chi connectivity index (χ2n) is 6.93. The molecule has 4 rings (SSSR count). The Balaban J connectivity index is 1.81. The molecule has 2 unspecified atom stereocenters. The number of anilines is 1. The van der Waals surface area contributed by atoms with Crippen LogP contribution < -0.4 is 4.90 Å². The molecule has 0 spiro atoms. The maximum Gasteiger partial charge on any atom is 0.278 e. The van der Waals surface area contributed by atoms with Gasteiger partial charge >= 0.3 is 0 Å². The molecule has 2 aliphatic rings. The lowest BCUT2D eigenvalue weighted by atomic mass is 9.89. The standard InChI is InChI=1S/C19H19Cl2N3O/c1-11-3-5-15-12(9-11)13-10-23(2)8-7-16(13)24(15)19(25)18-14(20)4-6-17(21)22-18/h3-6,9,13,16H,7-8,10H2,1-2H3. The Bertz CT molecular complexity index is 855. The van der Waals surface area contributed by atoms with Crippen LogP contribution in [-0.4, -0.2) is 42.0 Å². The Morgan fingerprint density at radius 3 is 2.84 bits per heavy atom. The number of halogens is 2. The summed E-state index contributed by atoms with van der Waals surface area (Å²) >= 11 is 12.2. The van der Waals surface area contributed by atoms with Gasteiger partial charge in [0.1, 0.15) is 10.8 Å². The van der Waals surface area contributed by atoms with Gasteiger partial charge in [0.2, 0.25) is 0 Å². The van der Waals surface area contributed by atoms with Gasteiger partial charge in [0.25, 0.3) is 5.91 Å². The van der Waals surface area contributed by atoms with Gasteiger partial charge in [-0.15, -0.1) is 0 Å². The van der Waals surface area contributed by atoms with Gasteiger partial charge in [-0.25, -0.2) is 4.98 Å². The molecule has 0 aliphatic carbocycles. The largest absolute Gasteiger partial charge is 0.306 e. The van der Waals surface area contributed by atoms with Crippen molar-refractivity contribution in [2.45, 2.75) is 25.3 Å². The number of benzene rings is 1. The van der Waals surface area contributed by atoms with Gasteiger partial charge in [0, 0.05) is 24.2 Å². The quantitative estimate of drug-likeness (QED) is 0.702. The average Bonchev–Trinajstić information content (AvgIpc) is 2.89. The molecule has 3 heterocycles. The summed E-state index contributed by atoms with van der Waals surface area (Å²) in [4.78, 5) is 21.7. The van der Waals surface area contributed by atoms with Gasteiger partial charge in [-0.05, 0) is 50.7 Å². The van der Waals surface area contributed by atoms with E-state index in [1.165, 1.54) is 11.1 Å². The zero-order valence-corrected chi connectivity index (χ0v) is 15.7. The number of likely N-dealkylation sites (tertiary alicyclic amines) is 1. The first-order chi connectivity index (χ1) is 12.0. The van der Waals surface area contributed by atoms with Crippen molar-refractivity contribution >= 4 is 34.8 Å². The summed E-state index contributed by atoms with van der Waals surface area (Å²) < 4.78 is 0. The van der Waals surface area contributed by atoms with E-state index in [1.807, 2.05) is 17.0 Å². The maximum atomic E-state index is 13.3. The summed E-state index contributed by atoms with van der Waals surface area (Å²) in [6.07, 6.45) is 0.929. The van der Waals surface area contributed by atoms with Gasteiger partial charge in [-0.3, -0.25) is 4.79 Å². The van der Waals surface area contributed by atoms with Crippen LogP contribution in [0.25, 0.3) is 0 Å². The number of hydrogen-bond donors (Lipinski definition) is 0. The number of likely N-dealkylation sites (N-methyl/N-ethyl adjacent to an activating group) is 1. The van der Waals surface area contributed by atoms with E-state index in [0.717, 1.165) is 25.2 Å². The molecule has 2 atom stereocenters. The van der Waals surface area contributed by atoms with Crippen molar-refractivity contribution in [1.82, 2.24) is 9.88 Å². The molecule has 6 heteroatoms. The van der Waals surface area contributed by atoms with E-state index in [9.17, 15) is 4.79 Å². The minimum absolute atomic E-state index is 0.136. The number of pyridine rings is 1. The smallest absolute Gasteiger partial charge is 0.278 e. The van der Waals surface area contributed by atoms with Crippen LogP contribution in [-0.2, 0) is 0 Å². The molecule has 0 N–H and O–H groups in total. The van der Waals surface area contributed by atoms with Crippen molar-refractivity contribution in [3.63, 3.8) is 0 Å². The molecule has 2 aromatic rings. The third kappa shape index (κ3) is 2.82. The van der Waals surface area contributed by atoms with Crippen LogP contribution in [0.4, 0.5) is 5.69 Å². The Labute approximate surface area is 157 Å². The minimum Gasteiger partial charge on any atom is -0.306 e. The molecule has 0 saturated carbocycles. The molecule has 130 valence electrons. The van der Waals surface area contributed by atoms with E-state index in [-0.39, 0.29) is 22.8 Å². The van der Waals surface area contributed by atoms with Gasteiger partial charge in [-0.1, -0.05) is 40.9 Å². The molecule has 1 aromatic carbocycles. The number of rotatable bonds is 1. The fraction of sp³-hybridized carbons (Fsp3) is 0.368. The Kier molecular flexibility index (Phi) is 4.22. The Morgan fingerprint density at radius 1 is 1.24 bits per heavy atom. The van der Waals surface area contributed by atoms with Crippen LogP contribution in [0.2, 0.25) is 10.2 Å². The fourth-order valence-electron chi connectivity index (χ4n) is 4.03. The highest BCUT2D eigenvalue weighted by Gasteiger charge is 2.44. The molecule has 1 saturated heterocycles. The highest BCUT2D eigenvalue weighted by molar-refractivity contribution is 6.35. The SMILES string of the molecule is Cc1ccc2c(c1)C1CN(C)CCC1N2C(=O)c1nc(Cl)ccc1Cl. The molecule has 2 aliphatic heterocycles. The number of aromatic nitrogens is 1. The average molecular weight is 376 g/mol. The first kappa shape index (κ1) is 16.8. The van der Waals surface area contributed by atoms with Gasteiger partial charge in [-0.2, -0.15) is 0 Å². The lowest BCUT2D eigenvalue weighted by Gasteiger charge is -2.36. The van der Waals surface area contributed by atoms with E-state index in [2.05, 4.69) is 29.9 Å². The normalized spacial score (nSPS) is 22.6. The van der Waals surface area contributed by atoms with Crippen molar-refractivity contribution in [2.24, 2.45) is 0 Å². The second kappa shape index (κ2) is 6.27. The Hall–Kier alpha value is -1.62. The van der Waals surface area contributed by atoms with Crippen LogP contribution in [0.5, 0.6) is 0 Å². The van der Waals surface area contributed by atoms with E-state index in [4.69, 9.17) is 23.2 Å². The highest BCUT2D eigenvalue weighted by atomic mass is 35.5. The number of hydrogen-bond acceptors (Lipinski definition) is 3. The Morgan fingerprint density at radius 2 is 2.04 bits per heavy atom. The summed E-state index contributed by atoms with van der Waals surface area (Å²) in [7, 11) is 2.13. The van der Waals surface area contributed by atoms with Gasteiger partial charge < -0.3 is 9.80 Å². The van der Waals surface area contributed by atoms with Crippen LogP contribution >= 0.6 is 23.2 Å². The topological polar surface area (TPSA) is 36.4 Å². The number of carbonyl (C=O) groups excluding carboxylic acids is 1. The summed E-state index contributed by atoms with van der Waals surface area (Å²) in [6.45, 7) is 4.00. The molecule has 1 amide bonds. The zero-order valence-electron chi connectivity index (χ0n) is 14.2. The number of aryl methyl sites for hydroxylation is 1. The summed E-state index contributed by atoms with van der Waals surface area (Å²) in [5, 5.41) is 0.607. The van der Waals surface area contributed by atoms with Crippen LogP contribution in [0.15, 0.2) is 30.3 Å². The minimum atomic E-state index is -0.172. The van der Waals surface area contributed by atoms with Crippen molar-refractivity contribution in [2.75, 3.05) is 25.0 Å². The van der Waals surface area contributed by atoms with Crippen molar-refractivity contribution in [3.05, 3.63) is 57.3 Å².